The van der Waals surface area contributed by atoms with Crippen molar-refractivity contribution in [1.82, 2.24) is 13.9 Å². The normalized spacial score (nSPS) is 19.2. The van der Waals surface area contributed by atoms with Gasteiger partial charge in [-0.2, -0.15) is 0 Å². The summed E-state index contributed by atoms with van der Waals surface area (Å²) in [5, 5.41) is 10.3. The number of ether oxygens (including phenoxy) is 1. The van der Waals surface area contributed by atoms with E-state index >= 15 is 0 Å². The van der Waals surface area contributed by atoms with Gasteiger partial charge in [-0.15, -0.1) is 0 Å². The number of fused-ring (bicyclic) bond motifs is 1. The summed E-state index contributed by atoms with van der Waals surface area (Å²) >= 11 is 0. The second-order valence-corrected chi connectivity index (χ2v) is 5.75. The van der Waals surface area contributed by atoms with Gasteiger partial charge in [0.05, 0.1) is 18.8 Å². The molecule has 3 atom stereocenters. The van der Waals surface area contributed by atoms with Crippen LogP contribution >= 0.6 is 0 Å². The molecule has 1 aromatic heterocycles. The molecule has 8 heteroatoms. The summed E-state index contributed by atoms with van der Waals surface area (Å²) in [6.07, 6.45) is 1.93. The minimum atomic E-state index is -1.37. The van der Waals surface area contributed by atoms with Crippen molar-refractivity contribution in [3.8, 4) is 17.5 Å². The molecule has 8 nitrogen and oxygen atoms in total. The molecule has 0 radical (unpaired) electrons. The lowest BCUT2D eigenvalue weighted by Crippen LogP contribution is -2.38. The van der Waals surface area contributed by atoms with Gasteiger partial charge in [0, 0.05) is 5.92 Å². The maximum Gasteiger partial charge on any atom is 0.384 e. The maximum absolute atomic E-state index is 12.9. The van der Waals surface area contributed by atoms with Crippen LogP contribution in [0.3, 0.4) is 0 Å². The Bertz CT molecular complexity index is 1030. The molecule has 1 aliphatic heterocycles. The van der Waals surface area contributed by atoms with E-state index in [0.717, 1.165) is 9.25 Å². The highest BCUT2D eigenvalue weighted by Crippen LogP contribution is 2.21. The van der Waals surface area contributed by atoms with Crippen LogP contribution < -0.4 is 11.4 Å². The first kappa shape index (κ1) is 17.5. The Morgan fingerprint density at radius 3 is 2.46 bits per heavy atom. The molecule has 1 aliphatic rings. The molecule has 1 aromatic carbocycles. The Balaban J connectivity index is 2.14. The van der Waals surface area contributed by atoms with E-state index in [4.69, 9.17) is 0 Å². The standard InChI is InChI=1S/C18H17N3O5/c1-12-8-9-14(15(22)10-11-16(23)26-2)21-18(25)19(17(24)20(12)21)13-6-4-3-5-7-13/h3-9,12,14-15,22H,1-2H3/t12-,14-,15?/m1/s1. The summed E-state index contributed by atoms with van der Waals surface area (Å²) < 4.78 is 7.88. The monoisotopic (exact) mass is 355 g/mol. The Labute approximate surface area is 148 Å². The van der Waals surface area contributed by atoms with Crippen LogP contribution in [0.2, 0.25) is 0 Å². The largest absolute Gasteiger partial charge is 0.459 e. The average molecular weight is 355 g/mol. The van der Waals surface area contributed by atoms with Crippen molar-refractivity contribution in [3.63, 3.8) is 0 Å². The van der Waals surface area contributed by atoms with Gasteiger partial charge in [-0.25, -0.2) is 28.3 Å². The molecule has 0 bridgehead atoms. The van der Waals surface area contributed by atoms with Gasteiger partial charge >= 0.3 is 17.3 Å². The quantitative estimate of drug-likeness (QED) is 0.354. The van der Waals surface area contributed by atoms with Crippen LogP contribution in [0.15, 0.2) is 52.1 Å². The Morgan fingerprint density at radius 2 is 1.81 bits per heavy atom. The van der Waals surface area contributed by atoms with Crippen LogP contribution in [0.25, 0.3) is 5.69 Å². The van der Waals surface area contributed by atoms with Crippen molar-refractivity contribution in [2.45, 2.75) is 25.1 Å². The number of aliphatic hydroxyl groups excluding tert-OH is 1. The van der Waals surface area contributed by atoms with E-state index in [0.29, 0.717) is 5.69 Å². The molecular weight excluding hydrogens is 338 g/mol. The van der Waals surface area contributed by atoms with Crippen molar-refractivity contribution in [3.05, 3.63) is 63.5 Å². The Hall–Kier alpha value is -3.31. The number of carbonyl (C=O) groups is 1. The second kappa shape index (κ2) is 6.90. The second-order valence-electron chi connectivity index (χ2n) is 5.75. The van der Waals surface area contributed by atoms with Gasteiger partial charge in [0.1, 0.15) is 12.1 Å². The fourth-order valence-electron chi connectivity index (χ4n) is 2.86. The molecule has 1 N–H and O–H groups in total. The van der Waals surface area contributed by atoms with Crippen molar-refractivity contribution < 1.29 is 14.6 Å². The molecule has 0 saturated carbocycles. The highest BCUT2D eigenvalue weighted by atomic mass is 16.5. The fraction of sp³-hybridized carbons (Fsp3) is 0.278. The van der Waals surface area contributed by atoms with Gasteiger partial charge in [0.15, 0.2) is 0 Å². The lowest BCUT2D eigenvalue weighted by atomic mass is 10.1. The van der Waals surface area contributed by atoms with E-state index in [1.165, 1.54) is 11.8 Å². The summed E-state index contributed by atoms with van der Waals surface area (Å²) in [7, 11) is 1.17. The first-order valence-electron chi connectivity index (χ1n) is 7.93. The van der Waals surface area contributed by atoms with E-state index < -0.39 is 29.5 Å². The van der Waals surface area contributed by atoms with Gasteiger partial charge in [-0.1, -0.05) is 36.3 Å². The third-order valence-electron chi connectivity index (χ3n) is 4.11. The zero-order valence-corrected chi connectivity index (χ0v) is 14.2. The number of nitrogens with zero attached hydrogens (tertiary/aromatic N) is 3. The molecule has 134 valence electrons. The molecule has 2 heterocycles. The number of allylic oxidation sites excluding steroid dienone is 1. The zero-order valence-electron chi connectivity index (χ0n) is 14.2. The molecule has 3 rings (SSSR count). The highest BCUT2D eigenvalue weighted by molar-refractivity contribution is 5.88. The zero-order chi connectivity index (χ0) is 18.8. The molecule has 0 amide bonds. The molecule has 0 aliphatic carbocycles. The van der Waals surface area contributed by atoms with Crippen molar-refractivity contribution in [2.75, 3.05) is 7.11 Å². The van der Waals surface area contributed by atoms with Crippen molar-refractivity contribution in [1.29, 1.82) is 0 Å². The van der Waals surface area contributed by atoms with Gasteiger partial charge in [-0.3, -0.25) is 0 Å². The SMILES string of the molecule is COC(=O)C#CC(O)[C@H]1C=C[C@@H](C)n2c(=O)n(-c3ccccc3)c(=O)n21. The number of hydrogen-bond donors (Lipinski definition) is 1. The number of carbonyl (C=O) groups excluding carboxylic acids is 1. The topological polar surface area (TPSA) is 95.5 Å². The summed E-state index contributed by atoms with van der Waals surface area (Å²) in [5.74, 6) is 3.69. The predicted molar refractivity (Wildman–Crippen MR) is 93.0 cm³/mol. The lowest BCUT2D eigenvalue weighted by Gasteiger charge is -2.25. The number of benzene rings is 1. The van der Waals surface area contributed by atoms with E-state index in [1.54, 1.807) is 49.4 Å². The highest BCUT2D eigenvalue weighted by Gasteiger charge is 2.30. The first-order valence-corrected chi connectivity index (χ1v) is 7.93. The third-order valence-corrected chi connectivity index (χ3v) is 4.11. The number of methoxy groups -OCH3 is 1. The average Bonchev–Trinajstić information content (AvgIpc) is 2.92. The smallest absolute Gasteiger partial charge is 0.384 e. The van der Waals surface area contributed by atoms with Crippen molar-refractivity contribution in [2.24, 2.45) is 0 Å². The number of hydrogen-bond acceptors (Lipinski definition) is 5. The lowest BCUT2D eigenvalue weighted by molar-refractivity contribution is -0.133. The van der Waals surface area contributed by atoms with Crippen LogP contribution in [0.5, 0.6) is 0 Å². The van der Waals surface area contributed by atoms with Gasteiger partial charge in [-0.05, 0) is 19.1 Å². The van der Waals surface area contributed by atoms with E-state index in [2.05, 4.69) is 16.6 Å². The maximum atomic E-state index is 12.9. The van der Waals surface area contributed by atoms with Crippen molar-refractivity contribution >= 4 is 5.97 Å². The van der Waals surface area contributed by atoms with Crippen LogP contribution in [0.1, 0.15) is 19.0 Å². The predicted octanol–water partition coefficient (Wildman–Crippen LogP) is 0.00990. The Kier molecular flexibility index (Phi) is 4.65. The number of aliphatic hydroxyl groups is 1. The summed E-state index contributed by atoms with van der Waals surface area (Å²) in [6.45, 7) is 1.76. The molecule has 0 fully saturated rings. The minimum absolute atomic E-state index is 0.378. The van der Waals surface area contributed by atoms with Crippen LogP contribution in [0, 0.1) is 11.8 Å². The first-order chi connectivity index (χ1) is 12.5. The van der Waals surface area contributed by atoms with Crippen LogP contribution in [-0.4, -0.2) is 38.2 Å². The van der Waals surface area contributed by atoms with E-state index in [1.807, 2.05) is 0 Å². The molecule has 0 spiro atoms. The van der Waals surface area contributed by atoms with Gasteiger partial charge in [0.2, 0.25) is 0 Å². The number of esters is 1. The van der Waals surface area contributed by atoms with Crippen LogP contribution in [0.4, 0.5) is 0 Å². The van der Waals surface area contributed by atoms with E-state index in [9.17, 15) is 19.5 Å². The number of rotatable bonds is 2. The summed E-state index contributed by atoms with van der Waals surface area (Å²) in [5.41, 5.74) is -0.685. The number of aromatic nitrogens is 3. The third kappa shape index (κ3) is 2.89. The van der Waals surface area contributed by atoms with E-state index in [-0.39, 0.29) is 6.04 Å². The minimum Gasteiger partial charge on any atom is -0.459 e. The molecule has 26 heavy (non-hydrogen) atoms. The molecule has 2 aromatic rings. The molecular formula is C18H17N3O5. The van der Waals surface area contributed by atoms with Gasteiger partial charge in [0.25, 0.3) is 0 Å². The van der Waals surface area contributed by atoms with Crippen LogP contribution in [-0.2, 0) is 9.53 Å². The molecule has 0 saturated heterocycles. The molecule has 1 unspecified atom stereocenters. The fourth-order valence-corrected chi connectivity index (χ4v) is 2.86. The number of para-hydroxylation sites is 1. The summed E-state index contributed by atoms with van der Waals surface area (Å²) in [4.78, 5) is 36.9. The van der Waals surface area contributed by atoms with Gasteiger partial charge < -0.3 is 9.84 Å². The Morgan fingerprint density at radius 1 is 1.15 bits per heavy atom. The summed E-state index contributed by atoms with van der Waals surface area (Å²) in [6, 6.07) is 7.23.